The van der Waals surface area contributed by atoms with Crippen molar-refractivity contribution in [1.82, 2.24) is 0 Å². The van der Waals surface area contributed by atoms with Crippen molar-refractivity contribution in [2.75, 3.05) is 0 Å². The van der Waals surface area contributed by atoms with Crippen LogP contribution in [-0.2, 0) is 0 Å². The first kappa shape index (κ1) is 11.6. The molecule has 2 aromatic rings. The van der Waals surface area contributed by atoms with Gasteiger partial charge in [0.15, 0.2) is 0 Å². The highest BCUT2D eigenvalue weighted by Crippen LogP contribution is 2.37. The summed E-state index contributed by atoms with van der Waals surface area (Å²) in [7, 11) is 0. The van der Waals surface area contributed by atoms with E-state index in [9.17, 15) is 10.1 Å². The number of thiophene rings is 1. The Morgan fingerprint density at radius 1 is 1.31 bits per heavy atom. The highest BCUT2D eigenvalue weighted by Gasteiger charge is 2.16. The maximum atomic E-state index is 10.9. The summed E-state index contributed by atoms with van der Waals surface area (Å²) >= 11 is 10.4. The maximum Gasteiger partial charge on any atom is 0.279 e. The molecule has 16 heavy (non-hydrogen) atoms. The van der Waals surface area contributed by atoms with E-state index >= 15 is 0 Å². The van der Waals surface area contributed by atoms with Crippen molar-refractivity contribution in [3.63, 3.8) is 0 Å². The smallest absolute Gasteiger partial charge is 0.258 e. The van der Waals surface area contributed by atoms with Crippen LogP contribution in [0, 0.1) is 10.1 Å². The normalized spacial score (nSPS) is 10.4. The molecule has 0 spiro atoms. The van der Waals surface area contributed by atoms with E-state index in [0.717, 1.165) is 4.88 Å². The summed E-state index contributed by atoms with van der Waals surface area (Å²) in [5.41, 5.74) is 0.665. The molecule has 0 bridgehead atoms. The molecule has 1 aromatic carbocycles. The van der Waals surface area contributed by atoms with E-state index in [-0.39, 0.29) is 5.69 Å². The maximum absolute atomic E-state index is 10.9. The van der Waals surface area contributed by atoms with Gasteiger partial charge in [0.05, 0.1) is 14.8 Å². The number of nitro benzene ring substituents is 1. The Bertz CT molecular complexity index is 556. The van der Waals surface area contributed by atoms with Gasteiger partial charge < -0.3 is 0 Å². The van der Waals surface area contributed by atoms with Crippen LogP contribution in [0.15, 0.2) is 34.8 Å². The van der Waals surface area contributed by atoms with Crippen molar-refractivity contribution >= 4 is 44.6 Å². The van der Waals surface area contributed by atoms with Gasteiger partial charge in [-0.15, -0.1) is 11.3 Å². The minimum absolute atomic E-state index is 0.0768. The predicted molar refractivity (Wildman–Crippen MR) is 69.1 cm³/mol. The fraction of sp³-hybridized carbons (Fsp3) is 0. The second-order valence-electron chi connectivity index (χ2n) is 3.02. The zero-order valence-electron chi connectivity index (χ0n) is 7.81. The van der Waals surface area contributed by atoms with E-state index in [1.807, 2.05) is 0 Å². The monoisotopic (exact) mass is 317 g/mol. The van der Waals surface area contributed by atoms with Gasteiger partial charge in [-0.2, -0.15) is 0 Å². The molecule has 0 aliphatic rings. The predicted octanol–water partition coefficient (Wildman–Crippen LogP) is 4.74. The van der Waals surface area contributed by atoms with E-state index in [1.165, 1.54) is 17.4 Å². The summed E-state index contributed by atoms with van der Waals surface area (Å²) in [5, 5.41) is 10.9. The Morgan fingerprint density at radius 3 is 2.62 bits per heavy atom. The highest BCUT2D eigenvalue weighted by molar-refractivity contribution is 9.10. The summed E-state index contributed by atoms with van der Waals surface area (Å²) < 4.78 is 1.30. The van der Waals surface area contributed by atoms with Gasteiger partial charge in [0.1, 0.15) is 0 Å². The lowest BCUT2D eigenvalue weighted by Gasteiger charge is -2.00. The molecule has 2 rings (SSSR count). The molecule has 1 aromatic heterocycles. The number of nitrogens with zero attached hydrogens (tertiary/aromatic N) is 1. The van der Waals surface area contributed by atoms with Gasteiger partial charge in [0, 0.05) is 15.4 Å². The third-order valence-electron chi connectivity index (χ3n) is 2.00. The first-order chi connectivity index (χ1) is 7.58. The molecule has 0 unspecified atom stereocenters. The Kier molecular flexibility index (Phi) is 3.28. The van der Waals surface area contributed by atoms with Crippen LogP contribution in [0.3, 0.4) is 0 Å². The lowest BCUT2D eigenvalue weighted by molar-refractivity contribution is -0.384. The summed E-state index contributed by atoms with van der Waals surface area (Å²) in [4.78, 5) is 11.3. The van der Waals surface area contributed by atoms with E-state index in [4.69, 9.17) is 11.6 Å². The number of hydrogen-bond donors (Lipinski definition) is 0. The van der Waals surface area contributed by atoms with Crippen molar-refractivity contribution in [3.05, 3.63) is 49.3 Å². The number of benzene rings is 1. The third-order valence-corrected chi connectivity index (χ3v) is 3.75. The van der Waals surface area contributed by atoms with E-state index in [2.05, 4.69) is 15.9 Å². The molecule has 0 atom stereocenters. The van der Waals surface area contributed by atoms with Gasteiger partial charge in [0.25, 0.3) is 5.69 Å². The van der Waals surface area contributed by atoms with Gasteiger partial charge in [-0.05, 0) is 24.3 Å². The Morgan fingerprint density at radius 2 is 2.06 bits per heavy atom. The topological polar surface area (TPSA) is 43.1 Å². The number of nitro groups is 1. The first-order valence-electron chi connectivity index (χ1n) is 4.27. The van der Waals surface area contributed by atoms with Gasteiger partial charge in [0.2, 0.25) is 0 Å². The second-order valence-corrected chi connectivity index (χ2v) is 5.65. The van der Waals surface area contributed by atoms with E-state index in [1.54, 1.807) is 24.3 Å². The van der Waals surface area contributed by atoms with Crippen LogP contribution >= 0.6 is 38.9 Å². The standard InChI is InChI=1S/C10H5BrClNO2S/c11-6-1-2-7(8(5-6)13(14)15)9-3-4-10(12)16-9/h1-5H. The van der Waals surface area contributed by atoms with Crippen molar-refractivity contribution in [2.45, 2.75) is 0 Å². The van der Waals surface area contributed by atoms with Gasteiger partial charge in [-0.25, -0.2) is 0 Å². The molecule has 0 aliphatic carbocycles. The molecule has 0 amide bonds. The van der Waals surface area contributed by atoms with Crippen LogP contribution in [0.1, 0.15) is 0 Å². The Balaban J connectivity index is 2.60. The molecular weight excluding hydrogens is 314 g/mol. The molecule has 0 saturated heterocycles. The summed E-state index contributed by atoms with van der Waals surface area (Å²) in [6.45, 7) is 0. The van der Waals surface area contributed by atoms with Crippen molar-refractivity contribution in [1.29, 1.82) is 0 Å². The van der Waals surface area contributed by atoms with Crippen molar-refractivity contribution < 1.29 is 4.92 Å². The van der Waals surface area contributed by atoms with Gasteiger partial charge in [-0.1, -0.05) is 27.5 Å². The Labute approximate surface area is 109 Å². The lowest BCUT2D eigenvalue weighted by atomic mass is 10.1. The van der Waals surface area contributed by atoms with Crippen LogP contribution in [-0.4, -0.2) is 4.92 Å². The van der Waals surface area contributed by atoms with Crippen LogP contribution in [0.4, 0.5) is 5.69 Å². The molecule has 82 valence electrons. The first-order valence-corrected chi connectivity index (χ1v) is 6.26. The molecule has 6 heteroatoms. The van der Waals surface area contributed by atoms with Crippen LogP contribution in [0.5, 0.6) is 0 Å². The fourth-order valence-corrected chi connectivity index (χ4v) is 2.75. The molecular formula is C10H5BrClNO2S. The SMILES string of the molecule is O=[N+]([O-])c1cc(Br)ccc1-c1ccc(Cl)s1. The number of rotatable bonds is 2. The van der Waals surface area contributed by atoms with Crippen molar-refractivity contribution in [2.24, 2.45) is 0 Å². The zero-order valence-corrected chi connectivity index (χ0v) is 11.0. The van der Waals surface area contributed by atoms with Crippen LogP contribution in [0.2, 0.25) is 4.34 Å². The molecule has 0 saturated carbocycles. The van der Waals surface area contributed by atoms with Gasteiger partial charge >= 0.3 is 0 Å². The molecule has 1 heterocycles. The summed E-state index contributed by atoms with van der Waals surface area (Å²) in [5.74, 6) is 0. The molecule has 0 N–H and O–H groups in total. The average molecular weight is 319 g/mol. The average Bonchev–Trinajstić information content (AvgIpc) is 2.64. The molecule has 0 fully saturated rings. The van der Waals surface area contributed by atoms with E-state index in [0.29, 0.717) is 14.4 Å². The van der Waals surface area contributed by atoms with Crippen LogP contribution in [0.25, 0.3) is 10.4 Å². The quantitative estimate of drug-likeness (QED) is 0.593. The number of halogens is 2. The van der Waals surface area contributed by atoms with Gasteiger partial charge in [-0.3, -0.25) is 10.1 Å². The zero-order chi connectivity index (χ0) is 11.7. The minimum atomic E-state index is -0.395. The lowest BCUT2D eigenvalue weighted by Crippen LogP contribution is -1.90. The molecule has 0 radical (unpaired) electrons. The molecule has 3 nitrogen and oxygen atoms in total. The fourth-order valence-electron chi connectivity index (χ4n) is 1.32. The third kappa shape index (κ3) is 2.26. The summed E-state index contributed by atoms with van der Waals surface area (Å²) in [6.07, 6.45) is 0. The minimum Gasteiger partial charge on any atom is -0.258 e. The van der Waals surface area contributed by atoms with E-state index < -0.39 is 4.92 Å². The summed E-state index contributed by atoms with van der Waals surface area (Å²) in [6, 6.07) is 8.49. The second kappa shape index (κ2) is 4.53. The largest absolute Gasteiger partial charge is 0.279 e. The highest BCUT2D eigenvalue weighted by atomic mass is 79.9. The Hall–Kier alpha value is -0.910. The van der Waals surface area contributed by atoms with Crippen molar-refractivity contribution in [3.8, 4) is 10.4 Å². The number of hydrogen-bond acceptors (Lipinski definition) is 3. The van der Waals surface area contributed by atoms with Crippen LogP contribution < -0.4 is 0 Å². The molecule has 0 aliphatic heterocycles.